The molecule has 0 aromatic carbocycles. The van der Waals surface area contributed by atoms with Crippen molar-refractivity contribution < 1.29 is 17.9 Å². The second-order valence-electron chi connectivity index (χ2n) is 7.74. The predicted octanol–water partition coefficient (Wildman–Crippen LogP) is 3.12. The van der Waals surface area contributed by atoms with Crippen molar-refractivity contribution >= 4 is 17.7 Å². The minimum Gasteiger partial charge on any atom is -0.381 e. The van der Waals surface area contributed by atoms with Crippen LogP contribution in [0.5, 0.6) is 0 Å². The molecule has 0 spiro atoms. The third-order valence-corrected chi connectivity index (χ3v) is 7.07. The average Bonchev–Trinajstić information content (AvgIpc) is 2.67. The van der Waals surface area contributed by atoms with Crippen LogP contribution in [-0.4, -0.2) is 80.5 Å². The monoisotopic (exact) mass is 424 g/mol. The maximum Gasteiger partial charge on any atom is 0.401 e. The van der Waals surface area contributed by atoms with Gasteiger partial charge < -0.3 is 15.4 Å². The molecular weight excluding hydrogens is 389 g/mol. The lowest BCUT2D eigenvalue weighted by atomic mass is 9.93. The van der Waals surface area contributed by atoms with Crippen LogP contribution in [0.25, 0.3) is 0 Å². The van der Waals surface area contributed by atoms with Crippen LogP contribution in [0.1, 0.15) is 39.0 Å². The van der Waals surface area contributed by atoms with Gasteiger partial charge in [0, 0.05) is 31.1 Å². The van der Waals surface area contributed by atoms with Gasteiger partial charge in [0.05, 0.1) is 13.1 Å². The quantitative estimate of drug-likeness (QED) is 0.463. The van der Waals surface area contributed by atoms with Gasteiger partial charge in [-0.2, -0.15) is 24.9 Å². The van der Waals surface area contributed by atoms with E-state index in [1.54, 1.807) is 0 Å². The molecule has 2 N–H and O–H groups in total. The van der Waals surface area contributed by atoms with Gasteiger partial charge in [0.25, 0.3) is 0 Å². The lowest BCUT2D eigenvalue weighted by Gasteiger charge is -2.34. The standard InChI is InChI=1S/C19H35F3N4OS/c1-3-23-17(25-14-18(28-2)7-12-27-13-8-18)24-9-4-16-5-10-26(11-6-16)15-19(20,21)22/h16H,3-15H2,1-2H3,(H2,23,24,25). The second kappa shape index (κ2) is 11.5. The van der Waals surface area contributed by atoms with Crippen LogP contribution < -0.4 is 10.6 Å². The van der Waals surface area contributed by atoms with E-state index in [1.165, 1.54) is 4.90 Å². The summed E-state index contributed by atoms with van der Waals surface area (Å²) in [4.78, 5) is 6.32. The van der Waals surface area contributed by atoms with Crippen molar-refractivity contribution in [1.29, 1.82) is 0 Å². The summed E-state index contributed by atoms with van der Waals surface area (Å²) >= 11 is 1.88. The molecule has 2 fully saturated rings. The molecule has 28 heavy (non-hydrogen) atoms. The average molecular weight is 425 g/mol. The lowest BCUT2D eigenvalue weighted by Crippen LogP contribution is -2.42. The molecule has 0 atom stereocenters. The number of thioether (sulfide) groups is 1. The Morgan fingerprint density at radius 2 is 1.89 bits per heavy atom. The van der Waals surface area contributed by atoms with E-state index in [1.807, 2.05) is 18.7 Å². The summed E-state index contributed by atoms with van der Waals surface area (Å²) in [7, 11) is 0. The topological polar surface area (TPSA) is 48.9 Å². The second-order valence-corrected chi connectivity index (χ2v) is 9.02. The normalized spacial score (nSPS) is 22.2. The Morgan fingerprint density at radius 3 is 2.46 bits per heavy atom. The minimum absolute atomic E-state index is 0.159. The number of nitrogens with one attached hydrogen (secondary N) is 2. The SMILES string of the molecule is CCNC(=NCC1(SC)CCOCC1)NCCC1CCN(CC(F)(F)F)CC1. The van der Waals surface area contributed by atoms with Crippen LogP contribution in [0.2, 0.25) is 0 Å². The third kappa shape index (κ3) is 8.37. The van der Waals surface area contributed by atoms with Crippen molar-refractivity contribution in [1.82, 2.24) is 15.5 Å². The summed E-state index contributed by atoms with van der Waals surface area (Å²) in [6.45, 7) is 6.31. The molecule has 0 aromatic rings. The van der Waals surface area contributed by atoms with Gasteiger partial charge in [-0.1, -0.05) is 0 Å². The highest BCUT2D eigenvalue weighted by Crippen LogP contribution is 2.34. The number of piperidine rings is 1. The Balaban J connectivity index is 1.73. The number of ether oxygens (including phenoxy) is 1. The Labute approximate surface area is 171 Å². The number of hydrogen-bond donors (Lipinski definition) is 2. The van der Waals surface area contributed by atoms with Crippen LogP contribution >= 0.6 is 11.8 Å². The number of likely N-dealkylation sites (tertiary alicyclic amines) is 1. The van der Waals surface area contributed by atoms with Crippen molar-refractivity contribution in [2.24, 2.45) is 10.9 Å². The van der Waals surface area contributed by atoms with Crippen LogP contribution in [-0.2, 0) is 4.74 Å². The first-order valence-electron chi connectivity index (χ1n) is 10.3. The molecule has 164 valence electrons. The van der Waals surface area contributed by atoms with Gasteiger partial charge in [0.2, 0.25) is 0 Å². The fraction of sp³-hybridized carbons (Fsp3) is 0.947. The summed E-state index contributed by atoms with van der Waals surface area (Å²) in [5, 5.41) is 6.70. The molecule has 0 bridgehead atoms. The summed E-state index contributed by atoms with van der Waals surface area (Å²) in [6.07, 6.45) is 2.73. The third-order valence-electron chi connectivity index (χ3n) is 5.66. The highest BCUT2D eigenvalue weighted by molar-refractivity contribution is 8.00. The molecule has 0 unspecified atom stereocenters. The van der Waals surface area contributed by atoms with E-state index in [-0.39, 0.29) is 4.75 Å². The van der Waals surface area contributed by atoms with Crippen LogP contribution in [0.3, 0.4) is 0 Å². The Kier molecular flexibility index (Phi) is 9.69. The van der Waals surface area contributed by atoms with E-state index in [0.29, 0.717) is 19.0 Å². The number of aliphatic imine (C=N–C) groups is 1. The molecule has 2 rings (SSSR count). The number of halogens is 3. The summed E-state index contributed by atoms with van der Waals surface area (Å²) in [6, 6.07) is 0. The van der Waals surface area contributed by atoms with Crippen molar-refractivity contribution in [2.75, 3.05) is 58.7 Å². The van der Waals surface area contributed by atoms with E-state index in [4.69, 9.17) is 9.73 Å². The molecule has 0 aliphatic carbocycles. The number of hydrogen-bond acceptors (Lipinski definition) is 4. The molecule has 5 nitrogen and oxygen atoms in total. The highest BCUT2D eigenvalue weighted by Gasteiger charge is 2.33. The maximum absolute atomic E-state index is 12.5. The molecule has 2 saturated heterocycles. The van der Waals surface area contributed by atoms with Gasteiger partial charge in [-0.25, -0.2) is 0 Å². The Hall–Kier alpha value is -0.670. The molecule has 9 heteroatoms. The number of guanidine groups is 1. The molecule has 0 radical (unpaired) electrons. The van der Waals surface area contributed by atoms with Crippen molar-refractivity contribution in [3.63, 3.8) is 0 Å². The van der Waals surface area contributed by atoms with Gasteiger partial charge in [0.1, 0.15) is 0 Å². The summed E-state index contributed by atoms with van der Waals surface area (Å²) < 4.78 is 43.1. The number of nitrogens with zero attached hydrogens (tertiary/aromatic N) is 2. The molecule has 0 saturated carbocycles. The Bertz CT molecular complexity index is 476. The smallest absolute Gasteiger partial charge is 0.381 e. The number of rotatable bonds is 8. The molecule has 2 heterocycles. The maximum atomic E-state index is 12.5. The lowest BCUT2D eigenvalue weighted by molar-refractivity contribution is -0.148. The zero-order valence-electron chi connectivity index (χ0n) is 17.1. The van der Waals surface area contributed by atoms with E-state index < -0.39 is 12.7 Å². The van der Waals surface area contributed by atoms with Gasteiger partial charge in [-0.15, -0.1) is 0 Å². The largest absolute Gasteiger partial charge is 0.401 e. The first-order chi connectivity index (χ1) is 13.4. The molecule has 0 aromatic heterocycles. The van der Waals surface area contributed by atoms with E-state index >= 15 is 0 Å². The minimum atomic E-state index is -4.09. The van der Waals surface area contributed by atoms with Gasteiger partial charge in [0.15, 0.2) is 5.96 Å². The van der Waals surface area contributed by atoms with Crippen molar-refractivity contribution in [3.05, 3.63) is 0 Å². The van der Waals surface area contributed by atoms with Gasteiger partial charge in [-0.3, -0.25) is 9.89 Å². The van der Waals surface area contributed by atoms with Crippen molar-refractivity contribution in [3.8, 4) is 0 Å². The van der Waals surface area contributed by atoms with Crippen LogP contribution in [0, 0.1) is 5.92 Å². The van der Waals surface area contributed by atoms with Crippen molar-refractivity contribution in [2.45, 2.75) is 50.0 Å². The Morgan fingerprint density at radius 1 is 1.21 bits per heavy atom. The molecule has 2 aliphatic heterocycles. The zero-order valence-corrected chi connectivity index (χ0v) is 17.9. The van der Waals surface area contributed by atoms with E-state index in [0.717, 1.165) is 70.9 Å². The van der Waals surface area contributed by atoms with Gasteiger partial charge >= 0.3 is 6.18 Å². The van der Waals surface area contributed by atoms with Gasteiger partial charge in [-0.05, 0) is 64.3 Å². The van der Waals surface area contributed by atoms with E-state index in [2.05, 4.69) is 16.9 Å². The summed E-state index contributed by atoms with van der Waals surface area (Å²) in [5.74, 6) is 1.31. The predicted molar refractivity (Wildman–Crippen MR) is 110 cm³/mol. The molecule has 2 aliphatic rings. The fourth-order valence-corrected chi connectivity index (χ4v) is 4.59. The van der Waals surface area contributed by atoms with Crippen LogP contribution in [0.4, 0.5) is 13.2 Å². The molecule has 0 amide bonds. The highest BCUT2D eigenvalue weighted by atomic mass is 32.2. The summed E-state index contributed by atoms with van der Waals surface area (Å²) in [5.41, 5.74) is 0. The zero-order chi connectivity index (χ0) is 20.5. The first kappa shape index (κ1) is 23.6. The first-order valence-corrected chi connectivity index (χ1v) is 11.5. The fourth-order valence-electron chi connectivity index (χ4n) is 3.82. The molecular formula is C19H35F3N4OS. The number of alkyl halides is 3. The van der Waals surface area contributed by atoms with E-state index in [9.17, 15) is 13.2 Å². The van der Waals surface area contributed by atoms with Crippen LogP contribution in [0.15, 0.2) is 4.99 Å².